The first-order chi connectivity index (χ1) is 10.6. The van der Waals surface area contributed by atoms with Gasteiger partial charge in [-0.25, -0.2) is 4.79 Å². The molecule has 1 heterocycles. The number of aryl methyl sites for hydroxylation is 1. The van der Waals surface area contributed by atoms with E-state index in [9.17, 15) is 14.4 Å². The van der Waals surface area contributed by atoms with E-state index in [2.05, 4.69) is 0 Å². The summed E-state index contributed by atoms with van der Waals surface area (Å²) in [4.78, 5) is 37.1. The number of carbonyl (C=O) groups excluding carboxylic acids is 2. The SMILES string of the molecule is COC(=O)C1(C(=O)OC)Cc2c(C)oc(=O)c([Si](C)(C)C)c2C1. The van der Waals surface area contributed by atoms with Crippen molar-refractivity contribution in [1.82, 2.24) is 0 Å². The third kappa shape index (κ3) is 2.63. The van der Waals surface area contributed by atoms with Gasteiger partial charge in [-0.15, -0.1) is 0 Å². The highest BCUT2D eigenvalue weighted by Gasteiger charge is 2.54. The van der Waals surface area contributed by atoms with E-state index in [-0.39, 0.29) is 18.5 Å². The highest BCUT2D eigenvalue weighted by Crippen LogP contribution is 2.40. The first kappa shape index (κ1) is 17.5. The molecule has 0 bridgehead atoms. The van der Waals surface area contributed by atoms with Crippen molar-refractivity contribution in [3.8, 4) is 0 Å². The summed E-state index contributed by atoms with van der Waals surface area (Å²) in [5.74, 6) is -0.843. The fourth-order valence-corrected chi connectivity index (χ4v) is 5.16. The molecule has 1 aromatic heterocycles. The predicted octanol–water partition coefficient (Wildman–Crippen LogP) is 0.924. The summed E-state index contributed by atoms with van der Waals surface area (Å²) in [5, 5.41) is 0.632. The molecule has 1 aromatic rings. The lowest BCUT2D eigenvalue weighted by Crippen LogP contribution is -2.50. The number of carbonyl (C=O) groups is 2. The molecule has 6 nitrogen and oxygen atoms in total. The van der Waals surface area contributed by atoms with Gasteiger partial charge in [0.05, 0.1) is 22.3 Å². The number of hydrogen-bond acceptors (Lipinski definition) is 6. The van der Waals surface area contributed by atoms with Gasteiger partial charge in [-0.1, -0.05) is 19.6 Å². The molecule has 0 spiro atoms. The quantitative estimate of drug-likeness (QED) is 0.463. The minimum absolute atomic E-state index is 0.119. The molecule has 0 radical (unpaired) electrons. The zero-order chi connectivity index (χ0) is 17.6. The van der Waals surface area contributed by atoms with Gasteiger partial charge in [0.1, 0.15) is 5.76 Å². The van der Waals surface area contributed by atoms with Crippen LogP contribution in [-0.4, -0.2) is 34.2 Å². The Balaban J connectivity index is 2.73. The van der Waals surface area contributed by atoms with Gasteiger partial charge in [-0.05, 0) is 18.1 Å². The molecule has 0 amide bonds. The van der Waals surface area contributed by atoms with E-state index in [1.165, 1.54) is 14.2 Å². The van der Waals surface area contributed by atoms with Crippen LogP contribution >= 0.6 is 0 Å². The standard InChI is InChI=1S/C16H22O6Si/c1-9-10-7-16(14(18)20-2,15(19)21-3)8-11(10)12(13(17)22-9)23(4,5)6/h7-8H2,1-6H3. The molecule has 0 unspecified atom stereocenters. The summed E-state index contributed by atoms with van der Waals surface area (Å²) in [6.07, 6.45) is 0.252. The second-order valence-corrected chi connectivity index (χ2v) is 11.9. The second-order valence-electron chi connectivity index (χ2n) is 6.95. The van der Waals surface area contributed by atoms with Gasteiger partial charge in [0.15, 0.2) is 5.41 Å². The summed E-state index contributed by atoms with van der Waals surface area (Å²) in [6, 6.07) is 0. The molecule has 23 heavy (non-hydrogen) atoms. The van der Waals surface area contributed by atoms with Crippen molar-refractivity contribution >= 4 is 25.2 Å². The first-order valence-corrected chi connectivity index (χ1v) is 10.9. The smallest absolute Gasteiger partial charge is 0.335 e. The summed E-state index contributed by atoms with van der Waals surface area (Å²) in [6.45, 7) is 7.78. The Kier molecular flexibility index (Phi) is 4.27. The molecule has 126 valence electrons. The van der Waals surface area contributed by atoms with Gasteiger partial charge in [-0.3, -0.25) is 9.59 Å². The number of fused-ring (bicyclic) bond motifs is 1. The van der Waals surface area contributed by atoms with Gasteiger partial charge in [0.25, 0.3) is 0 Å². The number of methoxy groups -OCH3 is 2. The first-order valence-electron chi connectivity index (χ1n) is 7.41. The van der Waals surface area contributed by atoms with Crippen molar-refractivity contribution in [1.29, 1.82) is 0 Å². The molecular weight excluding hydrogens is 316 g/mol. The summed E-state index contributed by atoms with van der Waals surface area (Å²) < 4.78 is 15.1. The summed E-state index contributed by atoms with van der Waals surface area (Å²) in [5.41, 5.74) is -0.300. The number of esters is 2. The Morgan fingerprint density at radius 1 is 1.04 bits per heavy atom. The highest BCUT2D eigenvalue weighted by atomic mass is 28.3. The van der Waals surface area contributed by atoms with Crippen molar-refractivity contribution in [2.24, 2.45) is 5.41 Å². The summed E-state index contributed by atoms with van der Waals surface area (Å²) >= 11 is 0. The minimum atomic E-state index is -2.02. The van der Waals surface area contributed by atoms with E-state index < -0.39 is 25.4 Å². The van der Waals surface area contributed by atoms with Crippen LogP contribution in [0.3, 0.4) is 0 Å². The number of hydrogen-bond donors (Lipinski definition) is 0. The van der Waals surface area contributed by atoms with Crippen LogP contribution in [0.1, 0.15) is 16.9 Å². The molecular formula is C16H22O6Si. The topological polar surface area (TPSA) is 82.8 Å². The Labute approximate surface area is 135 Å². The minimum Gasteiger partial charge on any atom is -0.468 e. The molecule has 0 saturated carbocycles. The fourth-order valence-electron chi connectivity index (χ4n) is 3.35. The van der Waals surface area contributed by atoms with E-state index in [1.54, 1.807) is 6.92 Å². The molecule has 0 saturated heterocycles. The maximum Gasteiger partial charge on any atom is 0.335 e. The van der Waals surface area contributed by atoms with Crippen LogP contribution in [0, 0.1) is 12.3 Å². The van der Waals surface area contributed by atoms with Crippen LogP contribution < -0.4 is 10.8 Å². The van der Waals surface area contributed by atoms with Crippen LogP contribution in [0.15, 0.2) is 9.21 Å². The molecule has 1 aliphatic carbocycles. The molecule has 0 fully saturated rings. The number of rotatable bonds is 3. The predicted molar refractivity (Wildman–Crippen MR) is 86.6 cm³/mol. The van der Waals surface area contributed by atoms with Crippen LogP contribution in [0.2, 0.25) is 19.6 Å². The molecule has 7 heteroatoms. The van der Waals surface area contributed by atoms with Gasteiger partial charge >= 0.3 is 17.6 Å². The monoisotopic (exact) mass is 338 g/mol. The maximum atomic E-state index is 12.4. The lowest BCUT2D eigenvalue weighted by atomic mass is 9.84. The van der Waals surface area contributed by atoms with Crippen molar-refractivity contribution < 1.29 is 23.5 Å². The van der Waals surface area contributed by atoms with Crippen LogP contribution in [0.5, 0.6) is 0 Å². The van der Waals surface area contributed by atoms with Crippen molar-refractivity contribution in [3.63, 3.8) is 0 Å². The second kappa shape index (κ2) is 5.63. The van der Waals surface area contributed by atoms with E-state index >= 15 is 0 Å². The van der Waals surface area contributed by atoms with Gasteiger partial charge in [0.2, 0.25) is 0 Å². The number of ether oxygens (including phenoxy) is 2. The Hall–Kier alpha value is -1.89. The third-order valence-electron chi connectivity index (χ3n) is 4.40. The van der Waals surface area contributed by atoms with E-state index in [0.29, 0.717) is 10.9 Å². The summed E-state index contributed by atoms with van der Waals surface area (Å²) in [7, 11) is 0.463. The molecule has 1 aliphatic rings. The Morgan fingerprint density at radius 2 is 1.52 bits per heavy atom. The van der Waals surface area contributed by atoms with Crippen LogP contribution in [0.4, 0.5) is 0 Å². The lowest BCUT2D eigenvalue weighted by molar-refractivity contribution is -0.168. The average Bonchev–Trinajstić information content (AvgIpc) is 2.85. The highest BCUT2D eigenvalue weighted by molar-refractivity contribution is 6.89. The van der Waals surface area contributed by atoms with E-state index in [0.717, 1.165) is 11.1 Å². The zero-order valence-electron chi connectivity index (χ0n) is 14.4. The Bertz CT molecular complexity index is 709. The van der Waals surface area contributed by atoms with Crippen molar-refractivity contribution in [3.05, 3.63) is 27.3 Å². The van der Waals surface area contributed by atoms with Gasteiger partial charge in [0, 0.05) is 18.0 Å². The fraction of sp³-hybridized carbons (Fsp3) is 0.562. The maximum absolute atomic E-state index is 12.4. The average molecular weight is 338 g/mol. The zero-order valence-corrected chi connectivity index (χ0v) is 15.4. The third-order valence-corrected chi connectivity index (χ3v) is 6.41. The lowest BCUT2D eigenvalue weighted by Gasteiger charge is -2.23. The molecule has 0 aliphatic heterocycles. The molecule has 0 aromatic carbocycles. The largest absolute Gasteiger partial charge is 0.468 e. The molecule has 0 atom stereocenters. The Morgan fingerprint density at radius 3 is 1.96 bits per heavy atom. The van der Waals surface area contributed by atoms with E-state index in [1.807, 2.05) is 19.6 Å². The van der Waals surface area contributed by atoms with Crippen molar-refractivity contribution in [2.75, 3.05) is 14.2 Å². The molecule has 2 rings (SSSR count). The van der Waals surface area contributed by atoms with E-state index in [4.69, 9.17) is 13.9 Å². The van der Waals surface area contributed by atoms with Crippen molar-refractivity contribution in [2.45, 2.75) is 39.4 Å². The van der Waals surface area contributed by atoms with Crippen LogP contribution in [-0.2, 0) is 31.9 Å². The van der Waals surface area contributed by atoms with Gasteiger partial charge in [-0.2, -0.15) is 0 Å². The molecule has 0 N–H and O–H groups in total. The normalized spacial score (nSPS) is 15.9. The van der Waals surface area contributed by atoms with Crippen LogP contribution in [0.25, 0.3) is 0 Å². The van der Waals surface area contributed by atoms with Gasteiger partial charge < -0.3 is 13.9 Å².